The van der Waals surface area contributed by atoms with Crippen molar-refractivity contribution in [3.05, 3.63) is 23.9 Å². The van der Waals surface area contributed by atoms with Crippen molar-refractivity contribution in [2.75, 3.05) is 18.9 Å². The smallest absolute Gasteiger partial charge is 0.123 e. The van der Waals surface area contributed by atoms with Gasteiger partial charge in [-0.25, -0.2) is 4.98 Å². The molecular formula is C13H23N3O. The molecule has 1 heterocycles. The molecule has 0 bridgehead atoms. The van der Waals surface area contributed by atoms with Crippen LogP contribution in [0.5, 0.6) is 0 Å². The van der Waals surface area contributed by atoms with Gasteiger partial charge >= 0.3 is 0 Å². The van der Waals surface area contributed by atoms with Gasteiger partial charge in [0.15, 0.2) is 0 Å². The Morgan fingerprint density at radius 1 is 1.41 bits per heavy atom. The molecule has 3 N–H and O–H groups in total. The van der Waals surface area contributed by atoms with E-state index in [4.69, 9.17) is 10.8 Å². The summed E-state index contributed by atoms with van der Waals surface area (Å²) in [6.07, 6.45) is 3.92. The molecule has 96 valence electrons. The monoisotopic (exact) mass is 237 g/mol. The van der Waals surface area contributed by atoms with E-state index in [1.165, 1.54) is 0 Å². The van der Waals surface area contributed by atoms with E-state index in [9.17, 15) is 0 Å². The van der Waals surface area contributed by atoms with Crippen LogP contribution in [0.2, 0.25) is 0 Å². The summed E-state index contributed by atoms with van der Waals surface area (Å²) in [7, 11) is 0. The number of nitrogens with zero attached hydrogens (tertiary/aromatic N) is 2. The molecule has 0 saturated heterocycles. The summed E-state index contributed by atoms with van der Waals surface area (Å²) in [6.45, 7) is 6.07. The predicted molar refractivity (Wildman–Crippen MR) is 70.5 cm³/mol. The Hall–Kier alpha value is -1.13. The van der Waals surface area contributed by atoms with Crippen LogP contribution in [0.4, 0.5) is 5.82 Å². The average Bonchev–Trinajstić information content (AvgIpc) is 2.31. The summed E-state index contributed by atoms with van der Waals surface area (Å²) in [5.41, 5.74) is 6.82. The maximum absolute atomic E-state index is 9.13. The van der Waals surface area contributed by atoms with Crippen LogP contribution in [0, 0.1) is 0 Å². The molecule has 0 radical (unpaired) electrons. The van der Waals surface area contributed by atoms with Gasteiger partial charge in [0, 0.05) is 25.3 Å². The molecule has 0 spiro atoms. The first-order valence-corrected chi connectivity index (χ1v) is 6.26. The molecule has 0 aliphatic heterocycles. The first kappa shape index (κ1) is 13.9. The molecule has 1 rings (SSSR count). The minimum Gasteiger partial charge on any atom is -0.395 e. The Morgan fingerprint density at radius 2 is 2.12 bits per heavy atom. The maximum Gasteiger partial charge on any atom is 0.123 e. The number of hydrogen-bond donors (Lipinski definition) is 2. The highest BCUT2D eigenvalue weighted by molar-refractivity contribution is 5.31. The average molecular weight is 237 g/mol. The zero-order chi connectivity index (χ0) is 12.7. The van der Waals surface area contributed by atoms with Crippen molar-refractivity contribution in [3.8, 4) is 0 Å². The van der Waals surface area contributed by atoms with Gasteiger partial charge in [-0.05, 0) is 30.5 Å². The maximum atomic E-state index is 9.13. The molecule has 0 saturated carbocycles. The lowest BCUT2D eigenvalue weighted by Gasteiger charge is -2.29. The molecule has 0 unspecified atom stereocenters. The van der Waals surface area contributed by atoms with E-state index < -0.39 is 0 Å². The normalized spacial score (nSPS) is 11.4. The van der Waals surface area contributed by atoms with Crippen LogP contribution in [0.1, 0.15) is 32.3 Å². The highest BCUT2D eigenvalue weighted by atomic mass is 16.3. The van der Waals surface area contributed by atoms with Crippen molar-refractivity contribution in [1.82, 2.24) is 9.88 Å². The Balaban J connectivity index is 2.71. The van der Waals surface area contributed by atoms with Crippen molar-refractivity contribution in [2.45, 2.75) is 39.3 Å². The number of rotatable bonds is 7. The van der Waals surface area contributed by atoms with Crippen molar-refractivity contribution in [1.29, 1.82) is 0 Å². The summed E-state index contributed by atoms with van der Waals surface area (Å²) < 4.78 is 0. The van der Waals surface area contributed by atoms with Gasteiger partial charge in [0.05, 0.1) is 6.61 Å². The van der Waals surface area contributed by atoms with Gasteiger partial charge in [-0.2, -0.15) is 0 Å². The number of nitrogens with two attached hydrogens (primary N) is 1. The van der Waals surface area contributed by atoms with Crippen LogP contribution < -0.4 is 5.73 Å². The molecule has 0 aliphatic carbocycles. The third-order valence-corrected chi connectivity index (χ3v) is 3.08. The second-order valence-corrected chi connectivity index (χ2v) is 4.25. The molecule has 1 aromatic heterocycles. The standard InChI is InChI=1S/C13H23N3O/c1-3-12(4-2)16(7-8-17)10-11-5-6-15-13(14)9-11/h5-6,9,12,17H,3-4,7-8,10H2,1-2H3,(H2,14,15). The highest BCUT2D eigenvalue weighted by Gasteiger charge is 2.14. The number of aliphatic hydroxyl groups excluding tert-OH is 1. The quantitative estimate of drug-likeness (QED) is 0.757. The molecule has 17 heavy (non-hydrogen) atoms. The minimum atomic E-state index is 0.192. The number of aromatic nitrogens is 1. The SMILES string of the molecule is CCC(CC)N(CCO)Cc1ccnc(N)c1. The van der Waals surface area contributed by atoms with E-state index in [0.29, 0.717) is 18.4 Å². The summed E-state index contributed by atoms with van der Waals surface area (Å²) in [5, 5.41) is 9.13. The molecule has 4 nitrogen and oxygen atoms in total. The van der Waals surface area contributed by atoms with Crippen molar-refractivity contribution in [2.24, 2.45) is 0 Å². The van der Waals surface area contributed by atoms with E-state index >= 15 is 0 Å². The lowest BCUT2D eigenvalue weighted by atomic mass is 10.1. The van der Waals surface area contributed by atoms with Crippen molar-refractivity contribution >= 4 is 5.82 Å². The van der Waals surface area contributed by atoms with Gasteiger partial charge in [-0.3, -0.25) is 4.90 Å². The van der Waals surface area contributed by atoms with Crippen LogP contribution in [-0.2, 0) is 6.54 Å². The molecule has 0 atom stereocenters. The summed E-state index contributed by atoms with van der Waals surface area (Å²) in [6, 6.07) is 4.38. The number of anilines is 1. The molecule has 0 amide bonds. The van der Waals surface area contributed by atoms with E-state index in [1.807, 2.05) is 12.1 Å². The van der Waals surface area contributed by atoms with Gasteiger partial charge in [-0.15, -0.1) is 0 Å². The number of aliphatic hydroxyl groups is 1. The third-order valence-electron chi connectivity index (χ3n) is 3.08. The van der Waals surface area contributed by atoms with Crippen LogP contribution in [0.15, 0.2) is 18.3 Å². The largest absolute Gasteiger partial charge is 0.395 e. The van der Waals surface area contributed by atoms with Gasteiger partial charge in [-0.1, -0.05) is 13.8 Å². The van der Waals surface area contributed by atoms with E-state index in [2.05, 4.69) is 23.7 Å². The highest BCUT2D eigenvalue weighted by Crippen LogP contribution is 2.14. The van der Waals surface area contributed by atoms with E-state index in [0.717, 1.165) is 24.9 Å². The fraction of sp³-hybridized carbons (Fsp3) is 0.615. The molecule has 0 fully saturated rings. The van der Waals surface area contributed by atoms with Crippen LogP contribution in [0.25, 0.3) is 0 Å². The number of nitrogen functional groups attached to an aromatic ring is 1. The molecular weight excluding hydrogens is 214 g/mol. The van der Waals surface area contributed by atoms with Gasteiger partial charge < -0.3 is 10.8 Å². The summed E-state index contributed by atoms with van der Waals surface area (Å²) >= 11 is 0. The summed E-state index contributed by atoms with van der Waals surface area (Å²) in [5.74, 6) is 0.552. The second-order valence-electron chi connectivity index (χ2n) is 4.25. The van der Waals surface area contributed by atoms with Gasteiger partial charge in [0.1, 0.15) is 5.82 Å². The second kappa shape index (κ2) is 7.25. The van der Waals surface area contributed by atoms with Gasteiger partial charge in [0.2, 0.25) is 0 Å². The summed E-state index contributed by atoms with van der Waals surface area (Å²) in [4.78, 5) is 6.29. The van der Waals surface area contributed by atoms with Gasteiger partial charge in [0.25, 0.3) is 0 Å². The lowest BCUT2D eigenvalue weighted by molar-refractivity contribution is 0.136. The first-order chi connectivity index (χ1) is 8.21. The lowest BCUT2D eigenvalue weighted by Crippen LogP contribution is -2.36. The fourth-order valence-electron chi connectivity index (χ4n) is 2.15. The Morgan fingerprint density at radius 3 is 2.65 bits per heavy atom. The fourth-order valence-corrected chi connectivity index (χ4v) is 2.15. The first-order valence-electron chi connectivity index (χ1n) is 6.26. The number of hydrogen-bond acceptors (Lipinski definition) is 4. The topological polar surface area (TPSA) is 62.4 Å². The zero-order valence-corrected chi connectivity index (χ0v) is 10.8. The molecule has 1 aromatic rings. The molecule has 0 aromatic carbocycles. The van der Waals surface area contributed by atoms with Crippen LogP contribution in [0.3, 0.4) is 0 Å². The Labute approximate surface area is 103 Å². The van der Waals surface area contributed by atoms with Crippen molar-refractivity contribution in [3.63, 3.8) is 0 Å². The molecule has 0 aliphatic rings. The predicted octanol–water partition coefficient (Wildman–Crippen LogP) is 1.65. The van der Waals surface area contributed by atoms with Crippen LogP contribution in [-0.4, -0.2) is 34.2 Å². The Bertz CT molecular complexity index is 326. The van der Waals surface area contributed by atoms with Crippen LogP contribution >= 0.6 is 0 Å². The number of pyridine rings is 1. The van der Waals surface area contributed by atoms with E-state index in [1.54, 1.807) is 6.20 Å². The zero-order valence-electron chi connectivity index (χ0n) is 10.8. The molecule has 4 heteroatoms. The van der Waals surface area contributed by atoms with Crippen molar-refractivity contribution < 1.29 is 5.11 Å². The minimum absolute atomic E-state index is 0.192. The third kappa shape index (κ3) is 4.32. The van der Waals surface area contributed by atoms with E-state index in [-0.39, 0.29) is 6.61 Å². The Kier molecular flexibility index (Phi) is 5.94.